The van der Waals surface area contributed by atoms with Gasteiger partial charge in [0.1, 0.15) is 0 Å². The van der Waals surface area contributed by atoms with Gasteiger partial charge in [-0.25, -0.2) is 0 Å². The Morgan fingerprint density at radius 3 is 2.13 bits per heavy atom. The molecule has 2 unspecified atom stereocenters. The normalized spacial score (nSPS) is 18.6. The fraction of sp³-hybridized carbons (Fsp3) is 1.00. The van der Waals surface area contributed by atoms with Gasteiger partial charge in [0.25, 0.3) is 0 Å². The summed E-state index contributed by atoms with van der Waals surface area (Å²) in [6.45, 7) is 13.4. The number of rotatable bonds is 6. The van der Waals surface area contributed by atoms with E-state index in [-0.39, 0.29) is 5.54 Å². The molecule has 0 bridgehead atoms. The number of aliphatic hydroxyl groups is 1. The molecule has 92 valence electrons. The van der Waals surface area contributed by atoms with Gasteiger partial charge in [-0.3, -0.25) is 0 Å². The topological polar surface area (TPSA) is 32.3 Å². The second-order valence-corrected chi connectivity index (χ2v) is 6.20. The van der Waals surface area contributed by atoms with Crippen LogP contribution in [0, 0.1) is 5.92 Å². The van der Waals surface area contributed by atoms with Crippen LogP contribution in [0.25, 0.3) is 0 Å². The molecule has 0 aliphatic heterocycles. The van der Waals surface area contributed by atoms with Crippen molar-refractivity contribution in [2.75, 3.05) is 6.54 Å². The van der Waals surface area contributed by atoms with Crippen LogP contribution in [-0.2, 0) is 0 Å². The van der Waals surface area contributed by atoms with Crippen LogP contribution in [0.5, 0.6) is 0 Å². The van der Waals surface area contributed by atoms with Crippen molar-refractivity contribution in [2.45, 2.75) is 71.9 Å². The van der Waals surface area contributed by atoms with Gasteiger partial charge in [0, 0.05) is 12.1 Å². The van der Waals surface area contributed by atoms with Crippen molar-refractivity contribution in [1.29, 1.82) is 0 Å². The summed E-state index contributed by atoms with van der Waals surface area (Å²) in [4.78, 5) is 0. The summed E-state index contributed by atoms with van der Waals surface area (Å²) in [5.41, 5.74) is -0.500. The van der Waals surface area contributed by atoms with Gasteiger partial charge in [-0.05, 0) is 40.0 Å². The zero-order valence-corrected chi connectivity index (χ0v) is 11.4. The van der Waals surface area contributed by atoms with Gasteiger partial charge < -0.3 is 10.4 Å². The molecule has 15 heavy (non-hydrogen) atoms. The van der Waals surface area contributed by atoms with Gasteiger partial charge in [-0.1, -0.05) is 26.7 Å². The molecule has 0 aromatic heterocycles. The zero-order valence-electron chi connectivity index (χ0n) is 11.4. The molecule has 0 aromatic carbocycles. The Bertz CT molecular complexity index is 170. The minimum absolute atomic E-state index is 0.0813. The molecule has 0 rings (SSSR count). The highest BCUT2D eigenvalue weighted by molar-refractivity contribution is 4.82. The summed E-state index contributed by atoms with van der Waals surface area (Å²) in [7, 11) is 0. The van der Waals surface area contributed by atoms with E-state index in [4.69, 9.17) is 0 Å². The van der Waals surface area contributed by atoms with Gasteiger partial charge in [0.15, 0.2) is 0 Å². The van der Waals surface area contributed by atoms with Gasteiger partial charge in [0.2, 0.25) is 0 Å². The molecule has 0 amide bonds. The summed E-state index contributed by atoms with van der Waals surface area (Å²) in [5, 5.41) is 13.6. The minimum atomic E-state index is -0.581. The lowest BCUT2D eigenvalue weighted by atomic mass is 9.89. The zero-order chi connectivity index (χ0) is 12.1. The first-order valence-electron chi connectivity index (χ1n) is 6.14. The third-order valence-electron chi connectivity index (χ3n) is 2.57. The second-order valence-electron chi connectivity index (χ2n) is 6.20. The molecule has 0 radical (unpaired) electrons. The van der Waals surface area contributed by atoms with Crippen LogP contribution >= 0.6 is 0 Å². The number of hydrogen-bond donors (Lipinski definition) is 2. The molecule has 0 saturated heterocycles. The molecule has 2 atom stereocenters. The van der Waals surface area contributed by atoms with Crippen LogP contribution in [0.2, 0.25) is 0 Å². The monoisotopic (exact) mass is 215 g/mol. The smallest absolute Gasteiger partial charge is 0.0746 e. The summed E-state index contributed by atoms with van der Waals surface area (Å²) >= 11 is 0. The molecule has 0 heterocycles. The molecule has 0 fully saturated rings. The van der Waals surface area contributed by atoms with Crippen molar-refractivity contribution in [3.05, 3.63) is 0 Å². The molecule has 0 saturated carbocycles. The average Bonchev–Trinajstić information content (AvgIpc) is 1.99. The third-order valence-corrected chi connectivity index (χ3v) is 2.57. The first kappa shape index (κ1) is 14.9. The summed E-state index contributed by atoms with van der Waals surface area (Å²) < 4.78 is 0. The first-order chi connectivity index (χ1) is 6.66. The summed E-state index contributed by atoms with van der Waals surface area (Å²) in [6.07, 6.45) is 3.28. The van der Waals surface area contributed by atoms with Gasteiger partial charge in [-0.15, -0.1) is 0 Å². The Labute approximate surface area is 95.5 Å². The Hall–Kier alpha value is -0.0800. The maximum atomic E-state index is 10.2. The fourth-order valence-electron chi connectivity index (χ4n) is 1.87. The predicted molar refractivity (Wildman–Crippen MR) is 67.1 cm³/mol. The Kier molecular flexibility index (Phi) is 5.82. The maximum absolute atomic E-state index is 10.2. The largest absolute Gasteiger partial charge is 0.389 e. The van der Waals surface area contributed by atoms with Crippen molar-refractivity contribution < 1.29 is 5.11 Å². The van der Waals surface area contributed by atoms with Crippen molar-refractivity contribution >= 4 is 0 Å². The van der Waals surface area contributed by atoms with E-state index in [1.165, 1.54) is 12.8 Å². The molecular weight excluding hydrogens is 186 g/mol. The number of hydrogen-bond acceptors (Lipinski definition) is 2. The first-order valence-corrected chi connectivity index (χ1v) is 6.14. The minimum Gasteiger partial charge on any atom is -0.389 e. The van der Waals surface area contributed by atoms with E-state index in [0.717, 1.165) is 6.42 Å². The lowest BCUT2D eigenvalue weighted by Crippen LogP contribution is -2.46. The van der Waals surface area contributed by atoms with Crippen LogP contribution < -0.4 is 5.32 Å². The lowest BCUT2D eigenvalue weighted by Gasteiger charge is -2.31. The lowest BCUT2D eigenvalue weighted by molar-refractivity contribution is 0.0294. The van der Waals surface area contributed by atoms with Crippen LogP contribution in [0.4, 0.5) is 0 Å². The van der Waals surface area contributed by atoms with Crippen molar-refractivity contribution in [2.24, 2.45) is 5.92 Å². The van der Waals surface area contributed by atoms with E-state index in [2.05, 4.69) is 39.9 Å². The second kappa shape index (κ2) is 5.86. The fourth-order valence-corrected chi connectivity index (χ4v) is 1.87. The summed E-state index contributed by atoms with van der Waals surface area (Å²) in [6, 6.07) is 0. The molecular formula is C13H29NO. The number of nitrogens with one attached hydrogen (secondary N) is 1. The van der Waals surface area contributed by atoms with Crippen molar-refractivity contribution in [3.63, 3.8) is 0 Å². The summed E-state index contributed by atoms with van der Waals surface area (Å²) in [5.74, 6) is 0.603. The maximum Gasteiger partial charge on any atom is 0.0746 e. The Morgan fingerprint density at radius 1 is 1.20 bits per heavy atom. The van der Waals surface area contributed by atoms with Gasteiger partial charge in [0.05, 0.1) is 5.60 Å². The molecule has 0 aliphatic rings. The Morgan fingerprint density at radius 2 is 1.73 bits per heavy atom. The number of β-amino-alcohol motifs (C(OH)–C–C–N with tert-alkyl or cyclic N) is 1. The van der Waals surface area contributed by atoms with Crippen LogP contribution in [0.15, 0.2) is 0 Å². The van der Waals surface area contributed by atoms with Gasteiger partial charge in [-0.2, -0.15) is 0 Å². The van der Waals surface area contributed by atoms with E-state index in [1.807, 2.05) is 6.92 Å². The van der Waals surface area contributed by atoms with Crippen LogP contribution in [0.1, 0.15) is 60.8 Å². The van der Waals surface area contributed by atoms with E-state index in [9.17, 15) is 5.11 Å². The third kappa shape index (κ3) is 8.88. The van der Waals surface area contributed by atoms with Crippen LogP contribution in [0.3, 0.4) is 0 Å². The van der Waals surface area contributed by atoms with Crippen molar-refractivity contribution in [1.82, 2.24) is 5.32 Å². The molecule has 0 spiro atoms. The highest BCUT2D eigenvalue weighted by atomic mass is 16.3. The van der Waals surface area contributed by atoms with E-state index >= 15 is 0 Å². The van der Waals surface area contributed by atoms with Crippen LogP contribution in [-0.4, -0.2) is 22.8 Å². The van der Waals surface area contributed by atoms with Gasteiger partial charge >= 0.3 is 0 Å². The average molecular weight is 215 g/mol. The molecule has 2 nitrogen and oxygen atoms in total. The molecule has 0 aromatic rings. The highest BCUT2D eigenvalue weighted by Gasteiger charge is 2.24. The molecule has 0 aliphatic carbocycles. The van der Waals surface area contributed by atoms with E-state index in [0.29, 0.717) is 12.5 Å². The van der Waals surface area contributed by atoms with E-state index in [1.54, 1.807) is 0 Å². The highest BCUT2D eigenvalue weighted by Crippen LogP contribution is 2.20. The standard InChI is InChI=1S/C13H29NO/c1-7-8-11(2)9-13(6,15)10-14-12(3,4)5/h11,14-15H,7-10H2,1-6H3. The molecule has 2 heteroatoms. The Balaban J connectivity index is 3.96. The molecule has 2 N–H and O–H groups in total. The predicted octanol–water partition coefficient (Wildman–Crippen LogP) is 2.95. The SMILES string of the molecule is CCCC(C)CC(C)(O)CNC(C)(C)C. The quantitative estimate of drug-likeness (QED) is 0.714. The van der Waals surface area contributed by atoms with E-state index < -0.39 is 5.60 Å². The van der Waals surface area contributed by atoms with Crippen molar-refractivity contribution in [3.8, 4) is 0 Å².